The minimum Gasteiger partial charge on any atom is -0.451 e. The van der Waals surface area contributed by atoms with Crippen LogP contribution in [0.4, 0.5) is 4.79 Å². The Kier molecular flexibility index (Phi) is 6.24. The van der Waals surface area contributed by atoms with E-state index in [1.165, 1.54) is 21.8 Å². The molecule has 2 aromatic rings. The zero-order valence-electron chi connectivity index (χ0n) is 15.1. The summed E-state index contributed by atoms with van der Waals surface area (Å²) in [5.74, 6) is -0.568. The van der Waals surface area contributed by atoms with E-state index in [1.807, 2.05) is 36.4 Å². The molecule has 0 spiro atoms. The number of ether oxygens (including phenoxy) is 1. The average molecular weight is 386 g/mol. The lowest BCUT2D eigenvalue weighted by atomic mass is 9.90. The largest absolute Gasteiger partial charge is 0.451 e. The maximum atomic E-state index is 12.2. The van der Waals surface area contributed by atoms with Crippen molar-refractivity contribution in [3.8, 4) is 0 Å². The fourth-order valence-electron chi connectivity index (χ4n) is 2.99. The summed E-state index contributed by atoms with van der Waals surface area (Å²) in [6.07, 6.45) is 3.08. The molecule has 1 aromatic heterocycles. The maximum Gasteiger partial charge on any atom is 0.348 e. The van der Waals surface area contributed by atoms with Crippen molar-refractivity contribution in [2.75, 3.05) is 6.61 Å². The van der Waals surface area contributed by atoms with Gasteiger partial charge in [0, 0.05) is 11.4 Å². The fraction of sp³-hybridized carbons (Fsp3) is 0.350. The average Bonchev–Trinajstić information content (AvgIpc) is 3.08. The number of amides is 3. The van der Waals surface area contributed by atoms with Crippen LogP contribution >= 0.6 is 11.3 Å². The molecule has 1 aliphatic carbocycles. The maximum absolute atomic E-state index is 12.2. The van der Waals surface area contributed by atoms with Crippen LogP contribution in [-0.2, 0) is 28.9 Å². The number of carbonyl (C=O) groups excluding carboxylic acids is 3. The predicted octanol–water partition coefficient (Wildman–Crippen LogP) is 3.06. The zero-order valence-corrected chi connectivity index (χ0v) is 15.9. The normalized spacial score (nSPS) is 15.5. The molecule has 0 unspecified atom stereocenters. The third-order valence-corrected chi connectivity index (χ3v) is 5.63. The molecule has 142 valence electrons. The predicted molar refractivity (Wildman–Crippen MR) is 103 cm³/mol. The number of imide groups is 1. The Morgan fingerprint density at radius 2 is 2.00 bits per heavy atom. The quantitative estimate of drug-likeness (QED) is 0.774. The number of hydrogen-bond acceptors (Lipinski definition) is 5. The number of benzene rings is 1. The van der Waals surface area contributed by atoms with Gasteiger partial charge in [0.1, 0.15) is 4.88 Å². The topological polar surface area (TPSA) is 84.5 Å². The first-order valence-corrected chi connectivity index (χ1v) is 9.73. The van der Waals surface area contributed by atoms with Gasteiger partial charge in [0.05, 0.1) is 0 Å². The highest BCUT2D eigenvalue weighted by Gasteiger charge is 2.22. The molecule has 7 heteroatoms. The van der Waals surface area contributed by atoms with Gasteiger partial charge >= 0.3 is 12.0 Å². The van der Waals surface area contributed by atoms with Crippen LogP contribution in [0.3, 0.4) is 0 Å². The Balaban J connectivity index is 1.42. The molecule has 1 heterocycles. The molecule has 1 aliphatic rings. The van der Waals surface area contributed by atoms with E-state index in [4.69, 9.17) is 4.74 Å². The molecule has 2 N–H and O–H groups in total. The first-order chi connectivity index (χ1) is 13.0. The molecule has 0 radical (unpaired) electrons. The Hall–Kier alpha value is -2.67. The third-order valence-electron chi connectivity index (χ3n) is 4.41. The van der Waals surface area contributed by atoms with Gasteiger partial charge < -0.3 is 10.1 Å². The summed E-state index contributed by atoms with van der Waals surface area (Å²) < 4.78 is 5.04. The summed E-state index contributed by atoms with van der Waals surface area (Å²) in [5.41, 5.74) is 2.12. The minimum atomic E-state index is -0.663. The van der Waals surface area contributed by atoms with Crippen molar-refractivity contribution in [2.45, 2.75) is 32.7 Å². The molecule has 0 aliphatic heterocycles. The highest BCUT2D eigenvalue weighted by Crippen LogP contribution is 2.32. The van der Waals surface area contributed by atoms with Gasteiger partial charge in [-0.15, -0.1) is 11.3 Å². The highest BCUT2D eigenvalue weighted by atomic mass is 32.1. The summed E-state index contributed by atoms with van der Waals surface area (Å²) >= 11 is 1.43. The summed E-state index contributed by atoms with van der Waals surface area (Å²) in [6.45, 7) is 2.02. The van der Waals surface area contributed by atoms with E-state index in [-0.39, 0.29) is 0 Å². The van der Waals surface area contributed by atoms with Crippen LogP contribution in [0.1, 0.15) is 39.0 Å². The van der Waals surface area contributed by atoms with Gasteiger partial charge in [-0.05, 0) is 42.4 Å². The molecule has 6 nitrogen and oxygen atoms in total. The molecule has 0 saturated heterocycles. The fourth-order valence-corrected chi connectivity index (χ4v) is 4.10. The van der Waals surface area contributed by atoms with Gasteiger partial charge in [0.15, 0.2) is 6.61 Å². The van der Waals surface area contributed by atoms with Crippen LogP contribution in [0.15, 0.2) is 36.4 Å². The molecule has 3 rings (SSSR count). The molecule has 1 aromatic carbocycles. The monoisotopic (exact) mass is 386 g/mol. The second-order valence-electron chi connectivity index (χ2n) is 6.70. The van der Waals surface area contributed by atoms with Crippen molar-refractivity contribution in [1.82, 2.24) is 10.6 Å². The van der Waals surface area contributed by atoms with Crippen LogP contribution < -0.4 is 10.6 Å². The van der Waals surface area contributed by atoms with Gasteiger partial charge in [0.2, 0.25) is 0 Å². The Bertz CT molecular complexity index is 832. The number of fused-ring (bicyclic) bond motifs is 1. The lowest BCUT2D eigenvalue weighted by molar-refractivity contribution is -0.123. The smallest absolute Gasteiger partial charge is 0.348 e. The summed E-state index contributed by atoms with van der Waals surface area (Å²) in [5, 5.41) is 4.73. The van der Waals surface area contributed by atoms with E-state index in [1.54, 1.807) is 0 Å². The molecular weight excluding hydrogens is 364 g/mol. The summed E-state index contributed by atoms with van der Waals surface area (Å²) in [4.78, 5) is 37.4. The number of urea groups is 1. The van der Waals surface area contributed by atoms with Gasteiger partial charge in [-0.1, -0.05) is 37.3 Å². The van der Waals surface area contributed by atoms with Crippen LogP contribution in [0.5, 0.6) is 0 Å². The molecule has 3 amide bonds. The SMILES string of the molecule is C[C@H]1CCc2sc(C(=O)OCC(=O)NC(=O)NCc3ccccc3)cc2C1. The highest BCUT2D eigenvalue weighted by molar-refractivity contribution is 7.14. The van der Waals surface area contributed by atoms with Crippen LogP contribution in [0.2, 0.25) is 0 Å². The number of nitrogens with one attached hydrogen (secondary N) is 2. The van der Waals surface area contributed by atoms with Gasteiger partial charge in [-0.2, -0.15) is 0 Å². The molecule has 27 heavy (non-hydrogen) atoms. The van der Waals surface area contributed by atoms with E-state index >= 15 is 0 Å². The number of hydrogen-bond donors (Lipinski definition) is 2. The number of aryl methyl sites for hydroxylation is 1. The first-order valence-electron chi connectivity index (χ1n) is 8.91. The Morgan fingerprint density at radius 3 is 2.78 bits per heavy atom. The molecule has 0 saturated carbocycles. The van der Waals surface area contributed by atoms with E-state index in [9.17, 15) is 14.4 Å². The lowest BCUT2D eigenvalue weighted by Gasteiger charge is -2.16. The van der Waals surface area contributed by atoms with Gasteiger partial charge in [-0.25, -0.2) is 9.59 Å². The third kappa shape index (κ3) is 5.40. The first kappa shape index (κ1) is 19.1. The Labute approximate surface area is 161 Å². The molecule has 0 fully saturated rings. The van der Waals surface area contributed by atoms with E-state index in [2.05, 4.69) is 17.6 Å². The number of thiophene rings is 1. The van der Waals surface area contributed by atoms with Crippen molar-refractivity contribution in [3.63, 3.8) is 0 Å². The number of carbonyl (C=O) groups is 3. The summed E-state index contributed by atoms with van der Waals surface area (Å²) in [7, 11) is 0. The van der Waals surface area contributed by atoms with Crippen LogP contribution in [-0.4, -0.2) is 24.5 Å². The van der Waals surface area contributed by atoms with Crippen LogP contribution in [0.25, 0.3) is 0 Å². The van der Waals surface area contributed by atoms with Crippen molar-refractivity contribution in [2.24, 2.45) is 5.92 Å². The summed E-state index contributed by atoms with van der Waals surface area (Å²) in [6, 6.07) is 10.6. The Morgan fingerprint density at radius 1 is 1.22 bits per heavy atom. The zero-order chi connectivity index (χ0) is 19.2. The van der Waals surface area contributed by atoms with Crippen molar-refractivity contribution in [1.29, 1.82) is 0 Å². The standard InChI is InChI=1S/C20H22N2O4S/c1-13-7-8-16-15(9-13)10-17(27-16)19(24)26-12-18(23)22-20(25)21-11-14-5-3-2-4-6-14/h2-6,10,13H,7-9,11-12H2,1H3,(H2,21,22,23,25)/t13-/m0/s1. The van der Waals surface area contributed by atoms with Crippen LogP contribution in [0, 0.1) is 5.92 Å². The van der Waals surface area contributed by atoms with E-state index < -0.39 is 24.5 Å². The van der Waals surface area contributed by atoms with Crippen molar-refractivity contribution < 1.29 is 19.1 Å². The second kappa shape index (κ2) is 8.81. The second-order valence-corrected chi connectivity index (χ2v) is 7.84. The van der Waals surface area contributed by atoms with Crippen molar-refractivity contribution >= 4 is 29.2 Å². The minimum absolute atomic E-state index is 0.304. The molecular formula is C20H22N2O4S. The van der Waals surface area contributed by atoms with E-state index in [0.29, 0.717) is 17.3 Å². The van der Waals surface area contributed by atoms with Gasteiger partial charge in [-0.3, -0.25) is 10.1 Å². The molecule has 1 atom stereocenters. The number of esters is 1. The van der Waals surface area contributed by atoms with E-state index in [0.717, 1.165) is 24.8 Å². The molecule has 0 bridgehead atoms. The van der Waals surface area contributed by atoms with Gasteiger partial charge in [0.25, 0.3) is 5.91 Å². The number of rotatable bonds is 5. The van der Waals surface area contributed by atoms with Crippen molar-refractivity contribution in [3.05, 3.63) is 57.3 Å². The lowest BCUT2D eigenvalue weighted by Crippen LogP contribution is -2.41.